The van der Waals surface area contributed by atoms with Crippen molar-refractivity contribution in [1.82, 2.24) is 0 Å². The molecule has 0 aliphatic heterocycles. The fourth-order valence-electron chi connectivity index (χ4n) is 1.19. The van der Waals surface area contributed by atoms with Crippen molar-refractivity contribution in [3.63, 3.8) is 0 Å². The van der Waals surface area contributed by atoms with Crippen molar-refractivity contribution in [2.75, 3.05) is 6.61 Å². The number of ether oxygens (including phenoxy) is 1. The normalized spacial score (nSPS) is 10.4. The minimum Gasteiger partial charge on any atom is -0.373 e. The van der Waals surface area contributed by atoms with Gasteiger partial charge in [-0.05, 0) is 17.2 Å². The molecular formula is C12H16N4O. The summed E-state index contributed by atoms with van der Waals surface area (Å²) in [5.41, 5.74) is 12.3. The Bertz CT molecular complexity index is 422. The summed E-state index contributed by atoms with van der Waals surface area (Å²) in [6.07, 6.45) is 3.29. The van der Waals surface area contributed by atoms with Gasteiger partial charge in [-0.3, -0.25) is 0 Å². The van der Waals surface area contributed by atoms with Crippen LogP contribution in [0.5, 0.6) is 0 Å². The lowest BCUT2D eigenvalue weighted by Crippen LogP contribution is -2.21. The molecule has 17 heavy (non-hydrogen) atoms. The van der Waals surface area contributed by atoms with Crippen molar-refractivity contribution in [3.05, 3.63) is 48.0 Å². The lowest BCUT2D eigenvalue weighted by Gasteiger charge is -2.02. The average Bonchev–Trinajstić information content (AvgIpc) is 2.29. The highest BCUT2D eigenvalue weighted by molar-refractivity contribution is 5.81. The molecule has 0 saturated heterocycles. The van der Waals surface area contributed by atoms with E-state index in [1.807, 2.05) is 24.3 Å². The van der Waals surface area contributed by atoms with E-state index < -0.39 is 0 Å². The predicted molar refractivity (Wildman–Crippen MR) is 69.7 cm³/mol. The van der Waals surface area contributed by atoms with E-state index in [4.69, 9.17) is 16.2 Å². The number of nitrogens with two attached hydrogens (primary N) is 2. The molecule has 0 fully saturated rings. The van der Waals surface area contributed by atoms with Gasteiger partial charge in [-0.2, -0.15) is 5.10 Å². The Balaban J connectivity index is 2.62. The number of hydrogen-bond donors (Lipinski definition) is 2. The topological polar surface area (TPSA) is 86.0 Å². The lowest BCUT2D eigenvalue weighted by molar-refractivity contribution is 0.149. The summed E-state index contributed by atoms with van der Waals surface area (Å²) in [5, 5.41) is 7.26. The number of benzene rings is 1. The summed E-state index contributed by atoms with van der Waals surface area (Å²) in [7, 11) is 0. The third kappa shape index (κ3) is 5.48. The minimum absolute atomic E-state index is 0.0632. The number of guanidine groups is 1. The molecule has 0 heterocycles. The number of nitrogens with zero attached hydrogens (tertiary/aromatic N) is 2. The fraction of sp³-hybridized carbons (Fsp3) is 0.167. The van der Waals surface area contributed by atoms with Crippen molar-refractivity contribution >= 4 is 12.2 Å². The van der Waals surface area contributed by atoms with Gasteiger partial charge < -0.3 is 16.2 Å². The van der Waals surface area contributed by atoms with Gasteiger partial charge in [-0.15, -0.1) is 11.7 Å². The van der Waals surface area contributed by atoms with E-state index >= 15 is 0 Å². The van der Waals surface area contributed by atoms with E-state index in [1.54, 1.807) is 12.3 Å². The highest BCUT2D eigenvalue weighted by Crippen LogP contribution is 2.05. The van der Waals surface area contributed by atoms with Crippen LogP contribution in [-0.2, 0) is 11.3 Å². The zero-order chi connectivity index (χ0) is 12.5. The Morgan fingerprint density at radius 1 is 1.41 bits per heavy atom. The van der Waals surface area contributed by atoms with Gasteiger partial charge in [0, 0.05) is 0 Å². The Labute approximate surface area is 100 Å². The second kappa shape index (κ2) is 7.19. The molecule has 5 heteroatoms. The van der Waals surface area contributed by atoms with E-state index in [2.05, 4.69) is 16.8 Å². The van der Waals surface area contributed by atoms with Crippen LogP contribution in [0.3, 0.4) is 0 Å². The maximum Gasteiger partial charge on any atom is 0.211 e. The number of hydrogen-bond acceptors (Lipinski definition) is 3. The van der Waals surface area contributed by atoms with Gasteiger partial charge >= 0.3 is 0 Å². The van der Waals surface area contributed by atoms with Crippen LogP contribution in [-0.4, -0.2) is 18.8 Å². The molecule has 5 nitrogen and oxygen atoms in total. The van der Waals surface area contributed by atoms with Gasteiger partial charge in [0.1, 0.15) is 0 Å². The second-order valence-electron chi connectivity index (χ2n) is 3.32. The van der Waals surface area contributed by atoms with Crippen LogP contribution in [0.4, 0.5) is 0 Å². The molecule has 0 atom stereocenters. The number of rotatable bonds is 6. The van der Waals surface area contributed by atoms with E-state index in [0.29, 0.717) is 13.2 Å². The zero-order valence-electron chi connectivity index (χ0n) is 9.54. The van der Waals surface area contributed by atoms with Crippen LogP contribution in [0.1, 0.15) is 11.1 Å². The van der Waals surface area contributed by atoms with Crippen molar-refractivity contribution in [2.24, 2.45) is 21.7 Å². The van der Waals surface area contributed by atoms with Crippen LogP contribution in [0.15, 0.2) is 47.1 Å². The van der Waals surface area contributed by atoms with Crippen LogP contribution in [0.2, 0.25) is 0 Å². The van der Waals surface area contributed by atoms with Crippen LogP contribution in [0, 0.1) is 0 Å². The van der Waals surface area contributed by atoms with Gasteiger partial charge in [0.25, 0.3) is 0 Å². The standard InChI is InChI=1S/C12H16N4O/c1-2-6-17-9-11-5-3-4-10(7-11)8-15-16-12(13)14/h2-5,7-8H,1,6,9H2,(H4,13,14,16). The SMILES string of the molecule is C=CCOCc1cccc(C=NN=C(N)N)c1. The summed E-state index contributed by atoms with van der Waals surface area (Å²) < 4.78 is 5.34. The smallest absolute Gasteiger partial charge is 0.211 e. The van der Waals surface area contributed by atoms with Crippen LogP contribution >= 0.6 is 0 Å². The highest BCUT2D eigenvalue weighted by atomic mass is 16.5. The first-order valence-corrected chi connectivity index (χ1v) is 5.12. The predicted octanol–water partition coefficient (Wildman–Crippen LogP) is 0.997. The summed E-state index contributed by atoms with van der Waals surface area (Å²) >= 11 is 0. The van der Waals surface area contributed by atoms with Gasteiger partial charge in [0.05, 0.1) is 19.4 Å². The van der Waals surface area contributed by atoms with Crippen molar-refractivity contribution in [1.29, 1.82) is 0 Å². The van der Waals surface area contributed by atoms with Gasteiger partial charge in [-0.25, -0.2) is 0 Å². The van der Waals surface area contributed by atoms with E-state index in [1.165, 1.54) is 0 Å². The molecular weight excluding hydrogens is 216 g/mol. The van der Waals surface area contributed by atoms with Gasteiger partial charge in [0.15, 0.2) is 0 Å². The molecule has 0 aliphatic rings. The van der Waals surface area contributed by atoms with E-state index in [9.17, 15) is 0 Å². The molecule has 90 valence electrons. The second-order valence-corrected chi connectivity index (χ2v) is 3.32. The van der Waals surface area contributed by atoms with Gasteiger partial charge in [-0.1, -0.05) is 24.3 Å². The third-order valence-electron chi connectivity index (χ3n) is 1.84. The first-order valence-electron chi connectivity index (χ1n) is 5.12. The molecule has 0 aliphatic carbocycles. The molecule has 0 bridgehead atoms. The van der Waals surface area contributed by atoms with E-state index in [-0.39, 0.29) is 5.96 Å². The molecule has 0 spiro atoms. The molecule has 0 radical (unpaired) electrons. The summed E-state index contributed by atoms with van der Waals surface area (Å²) in [6, 6.07) is 7.75. The first kappa shape index (κ1) is 12.9. The first-order chi connectivity index (χ1) is 8.22. The summed E-state index contributed by atoms with van der Waals surface area (Å²) in [4.78, 5) is 0. The summed E-state index contributed by atoms with van der Waals surface area (Å²) in [6.45, 7) is 4.65. The van der Waals surface area contributed by atoms with Crippen molar-refractivity contribution < 1.29 is 4.74 Å². The molecule has 1 rings (SSSR count). The quantitative estimate of drug-likeness (QED) is 0.252. The summed E-state index contributed by atoms with van der Waals surface area (Å²) in [5.74, 6) is -0.0632. The Morgan fingerprint density at radius 2 is 2.24 bits per heavy atom. The molecule has 1 aromatic rings. The highest BCUT2D eigenvalue weighted by Gasteiger charge is 1.94. The fourth-order valence-corrected chi connectivity index (χ4v) is 1.19. The van der Waals surface area contributed by atoms with Crippen molar-refractivity contribution in [3.8, 4) is 0 Å². The largest absolute Gasteiger partial charge is 0.373 e. The van der Waals surface area contributed by atoms with Crippen molar-refractivity contribution in [2.45, 2.75) is 6.61 Å². The molecule has 0 saturated carbocycles. The van der Waals surface area contributed by atoms with Gasteiger partial charge in [0.2, 0.25) is 5.96 Å². The van der Waals surface area contributed by atoms with E-state index in [0.717, 1.165) is 11.1 Å². The maximum atomic E-state index is 5.34. The molecule has 4 N–H and O–H groups in total. The third-order valence-corrected chi connectivity index (χ3v) is 1.84. The molecule has 0 aromatic heterocycles. The monoisotopic (exact) mass is 232 g/mol. The average molecular weight is 232 g/mol. The molecule has 0 amide bonds. The minimum atomic E-state index is -0.0632. The Hall–Kier alpha value is -2.14. The lowest BCUT2D eigenvalue weighted by atomic mass is 10.1. The molecule has 1 aromatic carbocycles. The Morgan fingerprint density at radius 3 is 2.94 bits per heavy atom. The maximum absolute atomic E-state index is 5.34. The van der Waals surface area contributed by atoms with Crippen LogP contribution in [0.25, 0.3) is 0 Å². The zero-order valence-corrected chi connectivity index (χ0v) is 9.54. The van der Waals surface area contributed by atoms with Crippen LogP contribution < -0.4 is 11.5 Å². The molecule has 0 unspecified atom stereocenters. The Kier molecular flexibility index (Phi) is 5.46.